The van der Waals surface area contributed by atoms with Crippen LogP contribution < -0.4 is 0 Å². The third-order valence-electron chi connectivity index (χ3n) is 3.40. The molecule has 0 aliphatic carbocycles. The average molecular weight is 256 g/mol. The Morgan fingerprint density at radius 3 is 2.68 bits per heavy atom. The van der Waals surface area contributed by atoms with Crippen molar-refractivity contribution in [2.24, 2.45) is 7.05 Å². The Bertz CT molecular complexity index is 834. The highest BCUT2D eigenvalue weighted by molar-refractivity contribution is 6.13. The summed E-state index contributed by atoms with van der Waals surface area (Å²) in [5, 5.41) is 20.7. The van der Waals surface area contributed by atoms with Gasteiger partial charge in [-0.3, -0.25) is 0 Å². The standard InChI is InChI=1S/C14H12N2O3/c1-7-10(14(18)19)12(17)11-8-5-3-4-6-9(8)16(2)13(11)15-7/h3-6H,1-2H3,(H,15,17)(H,18,19). The lowest BCUT2D eigenvalue weighted by molar-refractivity contribution is 0.0692. The molecule has 3 aromatic rings. The van der Waals surface area contributed by atoms with Crippen LogP contribution >= 0.6 is 0 Å². The SMILES string of the molecule is Cc1nc2c(c(O)c1C(=O)O)c1ccccc1n2C. The van der Waals surface area contributed by atoms with Gasteiger partial charge < -0.3 is 14.8 Å². The van der Waals surface area contributed by atoms with Crippen LogP contribution in [0.4, 0.5) is 0 Å². The summed E-state index contributed by atoms with van der Waals surface area (Å²) < 4.78 is 1.85. The Morgan fingerprint density at radius 2 is 2.00 bits per heavy atom. The second kappa shape index (κ2) is 3.71. The molecule has 5 nitrogen and oxygen atoms in total. The number of aryl methyl sites for hydroxylation is 2. The number of nitrogens with zero attached hydrogens (tertiary/aromatic N) is 2. The molecule has 0 spiro atoms. The molecule has 0 radical (unpaired) electrons. The Labute approximate surface area is 108 Å². The third kappa shape index (κ3) is 1.41. The number of hydrogen-bond acceptors (Lipinski definition) is 3. The highest BCUT2D eigenvalue weighted by Crippen LogP contribution is 2.36. The van der Waals surface area contributed by atoms with Crippen LogP contribution in [0.25, 0.3) is 21.9 Å². The van der Waals surface area contributed by atoms with Crippen LogP contribution in [0.5, 0.6) is 5.75 Å². The van der Waals surface area contributed by atoms with Gasteiger partial charge in [0, 0.05) is 12.4 Å². The van der Waals surface area contributed by atoms with Crippen LogP contribution in [0.2, 0.25) is 0 Å². The van der Waals surface area contributed by atoms with Crippen molar-refractivity contribution < 1.29 is 15.0 Å². The number of aromatic carboxylic acids is 1. The molecule has 0 bridgehead atoms. The average Bonchev–Trinajstić information content (AvgIpc) is 2.63. The molecule has 0 atom stereocenters. The molecule has 0 fully saturated rings. The summed E-state index contributed by atoms with van der Waals surface area (Å²) in [6, 6.07) is 7.50. The molecule has 2 aromatic heterocycles. The third-order valence-corrected chi connectivity index (χ3v) is 3.40. The number of rotatable bonds is 1. The molecule has 0 aliphatic rings. The monoisotopic (exact) mass is 256 g/mol. The van der Waals surface area contributed by atoms with Crippen molar-refractivity contribution in [2.75, 3.05) is 0 Å². The van der Waals surface area contributed by atoms with Crippen molar-refractivity contribution in [3.8, 4) is 5.75 Å². The first-order valence-electron chi connectivity index (χ1n) is 5.82. The topological polar surface area (TPSA) is 75.3 Å². The maximum absolute atomic E-state index is 11.2. The van der Waals surface area contributed by atoms with Crippen molar-refractivity contribution in [3.63, 3.8) is 0 Å². The Kier molecular flexibility index (Phi) is 2.25. The number of carboxylic acids is 1. The number of carbonyl (C=O) groups is 1. The van der Waals surface area contributed by atoms with E-state index in [1.165, 1.54) is 0 Å². The zero-order valence-electron chi connectivity index (χ0n) is 10.5. The predicted octanol–water partition coefficient (Wildman–Crippen LogP) is 2.44. The Morgan fingerprint density at radius 1 is 1.32 bits per heavy atom. The van der Waals surface area contributed by atoms with Gasteiger partial charge in [-0.05, 0) is 13.0 Å². The summed E-state index contributed by atoms with van der Waals surface area (Å²) in [5.74, 6) is -1.39. The second-order valence-corrected chi connectivity index (χ2v) is 4.50. The minimum absolute atomic E-state index is 0.135. The second-order valence-electron chi connectivity index (χ2n) is 4.50. The molecule has 0 amide bonds. The van der Waals surface area contributed by atoms with E-state index in [0.29, 0.717) is 16.7 Å². The van der Waals surface area contributed by atoms with E-state index < -0.39 is 5.97 Å². The highest BCUT2D eigenvalue weighted by atomic mass is 16.4. The van der Waals surface area contributed by atoms with E-state index >= 15 is 0 Å². The molecule has 0 saturated carbocycles. The van der Waals surface area contributed by atoms with Crippen LogP contribution in [0.3, 0.4) is 0 Å². The van der Waals surface area contributed by atoms with Gasteiger partial charge in [0.25, 0.3) is 0 Å². The van der Waals surface area contributed by atoms with Crippen LogP contribution in [0.15, 0.2) is 24.3 Å². The summed E-state index contributed by atoms with van der Waals surface area (Å²) in [6.45, 7) is 1.58. The predicted molar refractivity (Wildman–Crippen MR) is 71.6 cm³/mol. The van der Waals surface area contributed by atoms with Gasteiger partial charge in [0.05, 0.1) is 16.6 Å². The van der Waals surface area contributed by atoms with Crippen LogP contribution in [-0.4, -0.2) is 25.7 Å². The minimum atomic E-state index is -1.17. The van der Waals surface area contributed by atoms with Crippen LogP contribution in [-0.2, 0) is 7.05 Å². The fourth-order valence-electron chi connectivity index (χ4n) is 2.51. The largest absolute Gasteiger partial charge is 0.506 e. The lowest BCUT2D eigenvalue weighted by Gasteiger charge is -2.05. The van der Waals surface area contributed by atoms with E-state index in [0.717, 1.165) is 10.9 Å². The van der Waals surface area contributed by atoms with Crippen molar-refractivity contribution in [1.82, 2.24) is 9.55 Å². The molecular formula is C14H12N2O3. The first-order chi connectivity index (χ1) is 9.02. The van der Waals surface area contributed by atoms with E-state index in [2.05, 4.69) is 4.98 Å². The smallest absolute Gasteiger partial charge is 0.341 e. The quantitative estimate of drug-likeness (QED) is 0.701. The van der Waals surface area contributed by atoms with Crippen molar-refractivity contribution in [2.45, 2.75) is 6.92 Å². The zero-order valence-corrected chi connectivity index (χ0v) is 10.5. The van der Waals surface area contributed by atoms with Gasteiger partial charge in [0.1, 0.15) is 17.0 Å². The number of fused-ring (bicyclic) bond motifs is 3. The van der Waals surface area contributed by atoms with Crippen molar-refractivity contribution in [1.29, 1.82) is 0 Å². The van der Waals surface area contributed by atoms with Crippen LogP contribution in [0, 0.1) is 6.92 Å². The number of aromatic hydroxyl groups is 1. The molecule has 1 aromatic carbocycles. The highest BCUT2D eigenvalue weighted by Gasteiger charge is 2.21. The molecule has 3 rings (SSSR count). The summed E-state index contributed by atoms with van der Waals surface area (Å²) in [5.41, 5.74) is 1.66. The number of benzene rings is 1. The molecular weight excluding hydrogens is 244 g/mol. The normalized spacial score (nSPS) is 11.3. The summed E-state index contributed by atoms with van der Waals surface area (Å²) >= 11 is 0. The molecule has 0 aliphatic heterocycles. The molecule has 0 unspecified atom stereocenters. The maximum atomic E-state index is 11.2. The molecule has 0 saturated heterocycles. The summed E-state index contributed by atoms with van der Waals surface area (Å²) in [4.78, 5) is 15.5. The lowest BCUT2D eigenvalue weighted by atomic mass is 10.1. The van der Waals surface area contributed by atoms with Gasteiger partial charge >= 0.3 is 5.97 Å². The van der Waals surface area contributed by atoms with E-state index in [1.54, 1.807) is 6.92 Å². The number of para-hydroxylation sites is 1. The van der Waals surface area contributed by atoms with Gasteiger partial charge in [0.15, 0.2) is 0 Å². The number of carboxylic acid groups (broad SMARTS) is 1. The Balaban J connectivity index is 2.62. The number of aromatic nitrogens is 2. The molecule has 5 heteroatoms. The van der Waals surface area contributed by atoms with Gasteiger partial charge in [-0.2, -0.15) is 0 Å². The molecule has 2 heterocycles. The van der Waals surface area contributed by atoms with Gasteiger partial charge in [0.2, 0.25) is 0 Å². The van der Waals surface area contributed by atoms with Crippen molar-refractivity contribution >= 4 is 27.9 Å². The summed E-state index contributed by atoms with van der Waals surface area (Å²) in [6.07, 6.45) is 0. The summed E-state index contributed by atoms with van der Waals surface area (Å²) in [7, 11) is 1.84. The van der Waals surface area contributed by atoms with E-state index in [4.69, 9.17) is 0 Å². The zero-order chi connectivity index (χ0) is 13.7. The molecule has 19 heavy (non-hydrogen) atoms. The fourth-order valence-corrected chi connectivity index (χ4v) is 2.51. The first-order valence-corrected chi connectivity index (χ1v) is 5.82. The van der Waals surface area contributed by atoms with Gasteiger partial charge in [-0.1, -0.05) is 18.2 Å². The van der Waals surface area contributed by atoms with E-state index in [-0.39, 0.29) is 11.3 Å². The molecule has 2 N–H and O–H groups in total. The minimum Gasteiger partial charge on any atom is -0.506 e. The number of pyridine rings is 1. The first kappa shape index (κ1) is 11.5. The molecule has 96 valence electrons. The van der Waals surface area contributed by atoms with Gasteiger partial charge in [-0.25, -0.2) is 9.78 Å². The van der Waals surface area contributed by atoms with Gasteiger partial charge in [-0.15, -0.1) is 0 Å². The Hall–Kier alpha value is -2.56. The van der Waals surface area contributed by atoms with Crippen molar-refractivity contribution in [3.05, 3.63) is 35.5 Å². The number of hydrogen-bond donors (Lipinski definition) is 2. The van der Waals surface area contributed by atoms with E-state index in [9.17, 15) is 15.0 Å². The lowest BCUT2D eigenvalue weighted by Crippen LogP contribution is -2.03. The van der Waals surface area contributed by atoms with Crippen LogP contribution in [0.1, 0.15) is 16.1 Å². The van der Waals surface area contributed by atoms with E-state index in [1.807, 2.05) is 35.9 Å². The fraction of sp³-hybridized carbons (Fsp3) is 0.143. The maximum Gasteiger partial charge on any atom is 0.341 e.